The highest BCUT2D eigenvalue weighted by atomic mass is 16.5. The van der Waals surface area contributed by atoms with E-state index in [1.165, 1.54) is 0 Å². The number of carbonyl (C=O) groups excluding carboxylic acids is 2. The summed E-state index contributed by atoms with van der Waals surface area (Å²) < 4.78 is 5.14. The van der Waals surface area contributed by atoms with Crippen molar-refractivity contribution < 1.29 is 14.3 Å². The van der Waals surface area contributed by atoms with Crippen LogP contribution in [0.5, 0.6) is 0 Å². The maximum absolute atomic E-state index is 12.2. The van der Waals surface area contributed by atoms with E-state index in [9.17, 15) is 9.59 Å². The maximum atomic E-state index is 12.2. The van der Waals surface area contributed by atoms with Crippen molar-refractivity contribution >= 4 is 17.7 Å². The lowest BCUT2D eigenvalue weighted by molar-refractivity contribution is -0.116. The van der Waals surface area contributed by atoms with Crippen molar-refractivity contribution in [2.24, 2.45) is 0 Å². The van der Waals surface area contributed by atoms with E-state index in [0.717, 1.165) is 22.4 Å². The highest BCUT2D eigenvalue weighted by Crippen LogP contribution is 2.27. The van der Waals surface area contributed by atoms with Crippen molar-refractivity contribution in [3.63, 3.8) is 0 Å². The van der Waals surface area contributed by atoms with Crippen molar-refractivity contribution in [1.82, 2.24) is 5.32 Å². The zero-order valence-corrected chi connectivity index (χ0v) is 16.2. The molecule has 0 bridgehead atoms. The topological polar surface area (TPSA) is 67.4 Å². The van der Waals surface area contributed by atoms with Gasteiger partial charge in [0.2, 0.25) is 5.91 Å². The fourth-order valence-corrected chi connectivity index (χ4v) is 2.76. The van der Waals surface area contributed by atoms with E-state index in [1.54, 1.807) is 0 Å². The first-order valence-electron chi connectivity index (χ1n) is 9.31. The SMILES string of the molecule is Cc1cccc(C(C)C)c1NC(=O)CCCNC(=O)OCc1ccccc1. The molecule has 0 aliphatic carbocycles. The second kappa shape index (κ2) is 10.4. The van der Waals surface area contributed by atoms with Gasteiger partial charge >= 0.3 is 6.09 Å². The molecule has 2 aromatic rings. The van der Waals surface area contributed by atoms with Crippen LogP contribution in [0.4, 0.5) is 10.5 Å². The van der Waals surface area contributed by atoms with Crippen molar-refractivity contribution in [3.05, 3.63) is 65.2 Å². The molecule has 144 valence electrons. The summed E-state index contributed by atoms with van der Waals surface area (Å²) in [5, 5.41) is 5.68. The number of para-hydroxylation sites is 1. The van der Waals surface area contributed by atoms with Gasteiger partial charge in [0.25, 0.3) is 0 Å². The highest BCUT2D eigenvalue weighted by Gasteiger charge is 2.12. The van der Waals surface area contributed by atoms with Crippen molar-refractivity contribution in [2.75, 3.05) is 11.9 Å². The van der Waals surface area contributed by atoms with Crippen LogP contribution in [0.2, 0.25) is 0 Å². The number of carbonyl (C=O) groups is 2. The van der Waals surface area contributed by atoms with Crippen molar-refractivity contribution in [2.45, 2.75) is 46.1 Å². The van der Waals surface area contributed by atoms with Gasteiger partial charge in [0.15, 0.2) is 0 Å². The average Bonchev–Trinajstić information content (AvgIpc) is 2.66. The predicted octanol–water partition coefficient (Wildman–Crippen LogP) is 4.76. The van der Waals surface area contributed by atoms with Crippen LogP contribution in [-0.2, 0) is 16.1 Å². The second-order valence-corrected chi connectivity index (χ2v) is 6.83. The van der Waals surface area contributed by atoms with E-state index in [2.05, 4.69) is 24.5 Å². The Labute approximate surface area is 161 Å². The first-order chi connectivity index (χ1) is 13.0. The molecule has 0 radical (unpaired) electrons. The number of hydrogen-bond acceptors (Lipinski definition) is 3. The number of ether oxygens (including phenoxy) is 1. The lowest BCUT2D eigenvalue weighted by atomic mass is 9.98. The summed E-state index contributed by atoms with van der Waals surface area (Å²) in [7, 11) is 0. The molecule has 5 nitrogen and oxygen atoms in total. The zero-order valence-electron chi connectivity index (χ0n) is 16.2. The van der Waals surface area contributed by atoms with E-state index in [4.69, 9.17) is 4.74 Å². The lowest BCUT2D eigenvalue weighted by Gasteiger charge is -2.16. The Bertz CT molecular complexity index is 757. The molecule has 0 saturated carbocycles. The van der Waals surface area contributed by atoms with Crippen LogP contribution < -0.4 is 10.6 Å². The van der Waals surface area contributed by atoms with E-state index < -0.39 is 6.09 Å². The molecule has 2 aromatic carbocycles. The number of benzene rings is 2. The molecule has 2 N–H and O–H groups in total. The third-order valence-corrected chi connectivity index (χ3v) is 4.25. The third-order valence-electron chi connectivity index (χ3n) is 4.25. The Hall–Kier alpha value is -2.82. The van der Waals surface area contributed by atoms with Crippen LogP contribution in [0.1, 0.15) is 49.3 Å². The molecular formula is C22H28N2O3. The van der Waals surface area contributed by atoms with Crippen LogP contribution in [-0.4, -0.2) is 18.5 Å². The number of alkyl carbamates (subject to hydrolysis) is 1. The molecule has 0 aliphatic rings. The maximum Gasteiger partial charge on any atom is 0.407 e. The molecule has 0 spiro atoms. The minimum atomic E-state index is -0.472. The van der Waals surface area contributed by atoms with Gasteiger partial charge in [0.1, 0.15) is 6.61 Å². The summed E-state index contributed by atoms with van der Waals surface area (Å²) in [6.07, 6.45) is 0.417. The van der Waals surface area contributed by atoms with E-state index >= 15 is 0 Å². The van der Waals surface area contributed by atoms with Gasteiger partial charge in [-0.3, -0.25) is 4.79 Å². The largest absolute Gasteiger partial charge is 0.445 e. The molecule has 27 heavy (non-hydrogen) atoms. The van der Waals surface area contributed by atoms with Crippen LogP contribution >= 0.6 is 0 Å². The molecule has 0 saturated heterocycles. The number of amides is 2. The number of anilines is 1. The van der Waals surface area contributed by atoms with Crippen molar-refractivity contribution in [3.8, 4) is 0 Å². The van der Waals surface area contributed by atoms with Gasteiger partial charge in [-0.25, -0.2) is 4.79 Å². The number of nitrogens with one attached hydrogen (secondary N) is 2. The smallest absolute Gasteiger partial charge is 0.407 e. The zero-order chi connectivity index (χ0) is 19.6. The molecule has 0 fully saturated rings. The first-order valence-corrected chi connectivity index (χ1v) is 9.31. The fourth-order valence-electron chi connectivity index (χ4n) is 2.76. The van der Waals surface area contributed by atoms with Gasteiger partial charge in [0.05, 0.1) is 0 Å². The van der Waals surface area contributed by atoms with Crippen LogP contribution in [0.15, 0.2) is 48.5 Å². The summed E-state index contributed by atoms with van der Waals surface area (Å²) in [4.78, 5) is 23.9. The Balaban J connectivity index is 1.70. The predicted molar refractivity (Wildman–Crippen MR) is 108 cm³/mol. The molecular weight excluding hydrogens is 340 g/mol. The summed E-state index contributed by atoms with van der Waals surface area (Å²) >= 11 is 0. The average molecular weight is 368 g/mol. The van der Waals surface area contributed by atoms with Gasteiger partial charge in [-0.05, 0) is 36.0 Å². The van der Waals surface area contributed by atoms with E-state index in [-0.39, 0.29) is 12.5 Å². The van der Waals surface area contributed by atoms with Crippen LogP contribution in [0.25, 0.3) is 0 Å². The molecule has 2 rings (SSSR count). The summed E-state index contributed by atoms with van der Waals surface area (Å²) in [5.74, 6) is 0.284. The van der Waals surface area contributed by atoms with Gasteiger partial charge in [0, 0.05) is 18.7 Å². The minimum absolute atomic E-state index is 0.0503. The van der Waals surface area contributed by atoms with Crippen molar-refractivity contribution in [1.29, 1.82) is 0 Å². The number of aryl methyl sites for hydroxylation is 1. The van der Waals surface area contributed by atoms with Gasteiger partial charge < -0.3 is 15.4 Å². The van der Waals surface area contributed by atoms with E-state index in [0.29, 0.717) is 25.3 Å². The molecule has 0 heterocycles. The molecule has 0 aromatic heterocycles. The van der Waals surface area contributed by atoms with Crippen LogP contribution in [0.3, 0.4) is 0 Å². The van der Waals surface area contributed by atoms with Gasteiger partial charge in [-0.1, -0.05) is 62.4 Å². The second-order valence-electron chi connectivity index (χ2n) is 6.83. The molecule has 2 amide bonds. The van der Waals surface area contributed by atoms with E-state index in [1.807, 2.05) is 55.5 Å². The Morgan fingerprint density at radius 1 is 1.04 bits per heavy atom. The third kappa shape index (κ3) is 6.77. The molecule has 0 unspecified atom stereocenters. The number of rotatable bonds is 8. The minimum Gasteiger partial charge on any atom is -0.445 e. The Morgan fingerprint density at radius 2 is 1.78 bits per heavy atom. The summed E-state index contributed by atoms with van der Waals surface area (Å²) in [5.41, 5.74) is 4.02. The standard InChI is InChI=1S/C22H28N2O3/c1-16(2)19-12-7-9-17(3)21(19)24-20(25)13-8-14-23-22(26)27-15-18-10-5-4-6-11-18/h4-7,9-12,16H,8,13-15H2,1-3H3,(H,23,26)(H,24,25). The number of hydrogen-bond donors (Lipinski definition) is 2. The molecule has 0 aliphatic heterocycles. The lowest BCUT2D eigenvalue weighted by Crippen LogP contribution is -2.26. The Kier molecular flexibility index (Phi) is 7.86. The fraction of sp³-hybridized carbons (Fsp3) is 0.364. The van der Waals surface area contributed by atoms with Gasteiger partial charge in [-0.15, -0.1) is 0 Å². The summed E-state index contributed by atoms with van der Waals surface area (Å²) in [6, 6.07) is 15.5. The summed E-state index contributed by atoms with van der Waals surface area (Å²) in [6.45, 7) is 6.83. The Morgan fingerprint density at radius 3 is 2.48 bits per heavy atom. The van der Waals surface area contributed by atoms with Gasteiger partial charge in [-0.2, -0.15) is 0 Å². The monoisotopic (exact) mass is 368 g/mol. The van der Waals surface area contributed by atoms with Crippen LogP contribution in [0, 0.1) is 6.92 Å². The quantitative estimate of drug-likeness (QED) is 0.660. The molecule has 0 atom stereocenters. The highest BCUT2D eigenvalue weighted by molar-refractivity contribution is 5.92. The molecule has 5 heteroatoms. The normalized spacial score (nSPS) is 10.5. The first kappa shape index (κ1) is 20.5.